The van der Waals surface area contributed by atoms with Gasteiger partial charge in [-0.25, -0.2) is 4.99 Å². The molecule has 0 aromatic heterocycles. The lowest BCUT2D eigenvalue weighted by Crippen LogP contribution is -2.40. The molecule has 5 nitrogen and oxygen atoms in total. The highest BCUT2D eigenvalue weighted by molar-refractivity contribution is 14.0. The molecule has 2 aromatic rings. The van der Waals surface area contributed by atoms with Crippen LogP contribution in [0.4, 0.5) is 5.69 Å². The largest absolute Gasteiger partial charge is 0.376 e. The zero-order valence-corrected chi connectivity index (χ0v) is 18.4. The summed E-state index contributed by atoms with van der Waals surface area (Å²) in [6, 6.07) is 16.7. The Kier molecular flexibility index (Phi) is 8.53. The van der Waals surface area contributed by atoms with E-state index in [0.717, 1.165) is 37.5 Å². The fraction of sp³-hybridized carbons (Fsp3) is 0.381. The van der Waals surface area contributed by atoms with Crippen molar-refractivity contribution < 1.29 is 4.74 Å². The first-order valence-electron chi connectivity index (χ1n) is 9.14. The van der Waals surface area contributed by atoms with Crippen molar-refractivity contribution in [3.05, 3.63) is 65.2 Å². The molecule has 2 aromatic carbocycles. The summed E-state index contributed by atoms with van der Waals surface area (Å²) >= 11 is 0. The number of ether oxygens (including phenoxy) is 1. The molecule has 27 heavy (non-hydrogen) atoms. The molecule has 0 aliphatic carbocycles. The van der Waals surface area contributed by atoms with Gasteiger partial charge in [0.05, 0.1) is 19.3 Å². The van der Waals surface area contributed by atoms with Crippen LogP contribution in [-0.4, -0.2) is 36.7 Å². The summed E-state index contributed by atoms with van der Waals surface area (Å²) in [5.74, 6) is 0.433. The van der Waals surface area contributed by atoms with Crippen molar-refractivity contribution in [3.8, 4) is 0 Å². The van der Waals surface area contributed by atoms with Crippen LogP contribution in [0.25, 0.3) is 0 Å². The van der Waals surface area contributed by atoms with E-state index in [4.69, 9.17) is 10.5 Å². The zero-order chi connectivity index (χ0) is 18.4. The standard InChI is InChI=1S/C21H28N4O.HI/c1-16-5-3-8-20(11-16)24-21(22)23-13-18-6-4-7-19(12-18)15-25-9-10-26-17(2)14-25;/h3-8,11-12,17H,9-10,13-15H2,1-2H3,(H3,22,23,24);1H. The van der Waals surface area contributed by atoms with Crippen molar-refractivity contribution in [2.45, 2.75) is 33.0 Å². The van der Waals surface area contributed by atoms with Gasteiger partial charge in [0.2, 0.25) is 0 Å². The molecule has 1 heterocycles. The Labute approximate surface area is 179 Å². The Balaban J connectivity index is 0.00000261. The average molecular weight is 480 g/mol. The molecule has 0 spiro atoms. The van der Waals surface area contributed by atoms with Crippen LogP contribution in [0.15, 0.2) is 53.5 Å². The number of rotatable bonds is 5. The van der Waals surface area contributed by atoms with Gasteiger partial charge in [0.15, 0.2) is 5.96 Å². The van der Waals surface area contributed by atoms with E-state index in [1.54, 1.807) is 0 Å². The second-order valence-electron chi connectivity index (χ2n) is 6.93. The third kappa shape index (κ3) is 7.12. The molecule has 1 fully saturated rings. The minimum Gasteiger partial charge on any atom is -0.376 e. The summed E-state index contributed by atoms with van der Waals surface area (Å²) in [5, 5.41) is 3.14. The maximum absolute atomic E-state index is 6.02. The van der Waals surface area contributed by atoms with Gasteiger partial charge >= 0.3 is 0 Å². The fourth-order valence-corrected chi connectivity index (χ4v) is 3.21. The number of hydrogen-bond acceptors (Lipinski definition) is 3. The van der Waals surface area contributed by atoms with Crippen LogP contribution in [0.1, 0.15) is 23.6 Å². The average Bonchev–Trinajstić information content (AvgIpc) is 2.60. The Morgan fingerprint density at radius 3 is 2.78 bits per heavy atom. The smallest absolute Gasteiger partial charge is 0.193 e. The van der Waals surface area contributed by atoms with Crippen molar-refractivity contribution in [2.75, 3.05) is 25.0 Å². The molecule has 146 valence electrons. The second kappa shape index (κ2) is 10.6. The number of hydrogen-bond donors (Lipinski definition) is 2. The van der Waals surface area contributed by atoms with E-state index < -0.39 is 0 Å². The van der Waals surface area contributed by atoms with Crippen LogP contribution in [0.3, 0.4) is 0 Å². The monoisotopic (exact) mass is 480 g/mol. The van der Waals surface area contributed by atoms with E-state index in [-0.39, 0.29) is 24.0 Å². The quantitative estimate of drug-likeness (QED) is 0.389. The molecule has 0 radical (unpaired) electrons. The zero-order valence-electron chi connectivity index (χ0n) is 16.0. The predicted molar refractivity (Wildman–Crippen MR) is 123 cm³/mol. The van der Waals surface area contributed by atoms with Crippen molar-refractivity contribution >= 4 is 35.6 Å². The van der Waals surface area contributed by atoms with Gasteiger partial charge in [-0.3, -0.25) is 4.90 Å². The number of halogens is 1. The molecule has 0 saturated carbocycles. The lowest BCUT2D eigenvalue weighted by atomic mass is 10.1. The van der Waals surface area contributed by atoms with E-state index in [2.05, 4.69) is 59.4 Å². The number of nitrogens with two attached hydrogens (primary N) is 1. The number of nitrogens with one attached hydrogen (secondary N) is 1. The highest BCUT2D eigenvalue weighted by atomic mass is 127. The first kappa shape index (κ1) is 21.7. The maximum atomic E-state index is 6.02. The Bertz CT molecular complexity index is 765. The number of guanidine groups is 1. The van der Waals surface area contributed by atoms with Crippen LogP contribution in [0, 0.1) is 6.92 Å². The van der Waals surface area contributed by atoms with Gasteiger partial charge in [-0.2, -0.15) is 0 Å². The van der Waals surface area contributed by atoms with Crippen LogP contribution in [0.5, 0.6) is 0 Å². The van der Waals surface area contributed by atoms with Crippen LogP contribution in [-0.2, 0) is 17.8 Å². The van der Waals surface area contributed by atoms with Gasteiger partial charge in [-0.15, -0.1) is 24.0 Å². The topological polar surface area (TPSA) is 62.9 Å². The SMILES string of the molecule is Cc1cccc(NC(N)=NCc2cccc(CN3CCOC(C)C3)c2)c1.I. The minimum atomic E-state index is 0. The van der Waals surface area contributed by atoms with E-state index in [0.29, 0.717) is 18.6 Å². The number of aryl methyl sites for hydroxylation is 1. The first-order chi connectivity index (χ1) is 12.6. The molecule has 1 unspecified atom stereocenters. The lowest BCUT2D eigenvalue weighted by Gasteiger charge is -2.31. The van der Waals surface area contributed by atoms with E-state index >= 15 is 0 Å². The third-order valence-corrected chi connectivity index (χ3v) is 4.45. The fourth-order valence-electron chi connectivity index (χ4n) is 3.21. The van der Waals surface area contributed by atoms with Crippen LogP contribution in [0.2, 0.25) is 0 Å². The van der Waals surface area contributed by atoms with Crippen LogP contribution >= 0.6 is 24.0 Å². The number of aliphatic imine (C=N–C) groups is 1. The molecule has 3 rings (SSSR count). The molecule has 0 bridgehead atoms. The predicted octanol–water partition coefficient (Wildman–Crippen LogP) is 3.76. The molecular formula is C21H29IN4O. The summed E-state index contributed by atoms with van der Waals surface area (Å²) in [6.07, 6.45) is 0.309. The highest BCUT2D eigenvalue weighted by Crippen LogP contribution is 2.13. The molecule has 3 N–H and O–H groups in total. The van der Waals surface area contributed by atoms with Gasteiger partial charge in [0.1, 0.15) is 0 Å². The Morgan fingerprint density at radius 1 is 1.22 bits per heavy atom. The number of nitrogens with zero attached hydrogens (tertiary/aromatic N) is 2. The minimum absolute atomic E-state index is 0. The maximum Gasteiger partial charge on any atom is 0.193 e. The Morgan fingerprint density at radius 2 is 2.00 bits per heavy atom. The molecule has 1 aliphatic heterocycles. The lowest BCUT2D eigenvalue weighted by molar-refractivity contribution is -0.0212. The van der Waals surface area contributed by atoms with E-state index in [1.807, 2.05) is 18.2 Å². The van der Waals surface area contributed by atoms with Crippen molar-refractivity contribution in [2.24, 2.45) is 10.7 Å². The summed E-state index contributed by atoms with van der Waals surface area (Å²) in [7, 11) is 0. The van der Waals surface area contributed by atoms with Gasteiger partial charge in [0, 0.05) is 25.3 Å². The Hall–Kier alpha value is -1.64. The summed E-state index contributed by atoms with van der Waals surface area (Å²) in [5.41, 5.74) is 10.6. The summed E-state index contributed by atoms with van der Waals surface area (Å²) in [4.78, 5) is 6.90. The van der Waals surface area contributed by atoms with Gasteiger partial charge in [0.25, 0.3) is 0 Å². The molecule has 6 heteroatoms. The summed E-state index contributed by atoms with van der Waals surface area (Å²) in [6.45, 7) is 8.48. The van der Waals surface area contributed by atoms with Crippen molar-refractivity contribution in [1.29, 1.82) is 0 Å². The van der Waals surface area contributed by atoms with Gasteiger partial charge in [-0.1, -0.05) is 36.4 Å². The normalized spacial score (nSPS) is 18.0. The first-order valence-corrected chi connectivity index (χ1v) is 9.14. The molecule has 1 aliphatic rings. The third-order valence-electron chi connectivity index (χ3n) is 4.45. The highest BCUT2D eigenvalue weighted by Gasteiger charge is 2.16. The number of morpholine rings is 1. The van der Waals surface area contributed by atoms with E-state index in [1.165, 1.54) is 11.1 Å². The van der Waals surface area contributed by atoms with Crippen molar-refractivity contribution in [1.82, 2.24) is 4.90 Å². The number of benzene rings is 2. The van der Waals surface area contributed by atoms with Crippen molar-refractivity contribution in [3.63, 3.8) is 0 Å². The van der Waals surface area contributed by atoms with Crippen LogP contribution < -0.4 is 11.1 Å². The molecular weight excluding hydrogens is 451 g/mol. The summed E-state index contributed by atoms with van der Waals surface area (Å²) < 4.78 is 5.61. The molecule has 1 atom stereocenters. The van der Waals surface area contributed by atoms with E-state index in [9.17, 15) is 0 Å². The van der Waals surface area contributed by atoms with Gasteiger partial charge < -0.3 is 15.8 Å². The molecule has 1 saturated heterocycles. The second-order valence-corrected chi connectivity index (χ2v) is 6.93. The number of anilines is 1. The van der Waals surface area contributed by atoms with Gasteiger partial charge in [-0.05, 0) is 42.7 Å². The molecule has 0 amide bonds.